The zero-order valence-electron chi connectivity index (χ0n) is 15.4. The van der Waals surface area contributed by atoms with Gasteiger partial charge in [-0.15, -0.1) is 0 Å². The molecule has 0 unspecified atom stereocenters. The highest BCUT2D eigenvalue weighted by Gasteiger charge is 2.05. The lowest BCUT2D eigenvalue weighted by Gasteiger charge is -2.09. The first-order valence-electron chi connectivity index (χ1n) is 8.98. The molecule has 0 aliphatic carbocycles. The van der Waals surface area contributed by atoms with Crippen LogP contribution in [-0.2, 0) is 0 Å². The Kier molecular flexibility index (Phi) is 6.01. The molecule has 0 radical (unpaired) electrons. The monoisotopic (exact) mass is 336 g/mol. The lowest BCUT2D eigenvalue weighted by molar-refractivity contribution is 1.34. The zero-order chi connectivity index (χ0) is 18.2. The van der Waals surface area contributed by atoms with E-state index in [4.69, 9.17) is 0 Å². The molecule has 0 spiro atoms. The van der Waals surface area contributed by atoms with Crippen molar-refractivity contribution >= 4 is 0 Å². The molecule has 0 nitrogen and oxygen atoms in total. The van der Waals surface area contributed by atoms with Gasteiger partial charge in [-0.2, -0.15) is 0 Å². The van der Waals surface area contributed by atoms with Gasteiger partial charge in [0.1, 0.15) is 0 Å². The Bertz CT molecular complexity index is 858. The van der Waals surface area contributed by atoms with Crippen molar-refractivity contribution in [1.82, 2.24) is 0 Å². The minimum Gasteiger partial charge on any atom is -0.0622 e. The van der Waals surface area contributed by atoms with Gasteiger partial charge in [0.25, 0.3) is 0 Å². The third-order valence-corrected chi connectivity index (χ3v) is 4.52. The van der Waals surface area contributed by atoms with Crippen molar-refractivity contribution in [1.29, 1.82) is 0 Å². The van der Waals surface area contributed by atoms with E-state index >= 15 is 0 Å². The maximum absolute atomic E-state index is 2.18. The molecule has 0 heterocycles. The Morgan fingerprint density at radius 1 is 0.346 bits per heavy atom. The summed E-state index contributed by atoms with van der Waals surface area (Å²) in [5.41, 5.74) is 7.82. The molecule has 0 aromatic heterocycles. The fraction of sp³-hybridized carbons (Fsp3) is 0.0769. The van der Waals surface area contributed by atoms with Crippen molar-refractivity contribution in [3.63, 3.8) is 0 Å². The number of benzene rings is 4. The first-order valence-corrected chi connectivity index (χ1v) is 8.98. The summed E-state index contributed by atoms with van der Waals surface area (Å²) in [5.74, 6) is 0. The lowest BCUT2D eigenvalue weighted by Crippen LogP contribution is -1.83. The Morgan fingerprint density at radius 2 is 0.654 bits per heavy atom. The molecule has 4 aromatic carbocycles. The normalized spacial score (nSPS) is 9.92. The third kappa shape index (κ3) is 4.49. The van der Waals surface area contributed by atoms with E-state index in [-0.39, 0.29) is 0 Å². The molecule has 0 saturated heterocycles. The maximum Gasteiger partial charge on any atom is -0.0105 e. The molecule has 0 bridgehead atoms. The fourth-order valence-electron chi connectivity index (χ4n) is 2.88. The first kappa shape index (κ1) is 17.7. The van der Waals surface area contributed by atoms with Crippen LogP contribution < -0.4 is 0 Å². The van der Waals surface area contributed by atoms with E-state index in [1.807, 2.05) is 0 Å². The number of hydrogen-bond donors (Lipinski definition) is 0. The molecule has 0 atom stereocenters. The largest absolute Gasteiger partial charge is 0.0622 e. The van der Waals surface area contributed by atoms with Crippen LogP contribution in [0.5, 0.6) is 0 Å². The van der Waals surface area contributed by atoms with E-state index in [0.717, 1.165) is 0 Å². The average molecular weight is 336 g/mol. The molecule has 0 aliphatic heterocycles. The van der Waals surface area contributed by atoms with Gasteiger partial charge in [-0.3, -0.25) is 0 Å². The van der Waals surface area contributed by atoms with Gasteiger partial charge in [-0.25, -0.2) is 0 Å². The highest BCUT2D eigenvalue weighted by Crippen LogP contribution is 2.31. The van der Waals surface area contributed by atoms with E-state index in [0.29, 0.717) is 0 Å². The lowest BCUT2D eigenvalue weighted by atomic mass is 9.95. The van der Waals surface area contributed by atoms with Gasteiger partial charge in [0.05, 0.1) is 0 Å². The topological polar surface area (TPSA) is 0 Å². The van der Waals surface area contributed by atoms with E-state index in [2.05, 4.69) is 123 Å². The quantitative estimate of drug-likeness (QED) is 0.359. The third-order valence-electron chi connectivity index (χ3n) is 4.52. The second-order valence-electron chi connectivity index (χ2n) is 6.36. The summed E-state index contributed by atoms with van der Waals surface area (Å²) in [5, 5.41) is 0. The maximum atomic E-state index is 2.18. The molecular weight excluding hydrogens is 312 g/mol. The Hall–Kier alpha value is -3.12. The SMILES string of the molecule is Cc1ccccc1C.c1ccc(-c2ccccc2-c2ccccc2)cc1. The van der Waals surface area contributed by atoms with Gasteiger partial charge in [0.15, 0.2) is 0 Å². The summed E-state index contributed by atoms with van der Waals surface area (Å²) in [7, 11) is 0. The van der Waals surface area contributed by atoms with E-state index in [9.17, 15) is 0 Å². The van der Waals surface area contributed by atoms with Crippen molar-refractivity contribution in [2.45, 2.75) is 13.8 Å². The summed E-state index contributed by atoms with van der Waals surface area (Å²) >= 11 is 0. The zero-order valence-corrected chi connectivity index (χ0v) is 15.4. The van der Waals surface area contributed by atoms with E-state index in [1.165, 1.54) is 33.4 Å². The highest BCUT2D eigenvalue weighted by atomic mass is 14.1. The van der Waals surface area contributed by atoms with Gasteiger partial charge in [-0.05, 0) is 47.2 Å². The smallest absolute Gasteiger partial charge is 0.0105 e. The van der Waals surface area contributed by atoms with Crippen LogP contribution >= 0.6 is 0 Å². The van der Waals surface area contributed by atoms with E-state index in [1.54, 1.807) is 0 Å². The second kappa shape index (κ2) is 8.82. The molecular formula is C26H24. The molecule has 0 aliphatic rings. The number of aryl methyl sites for hydroxylation is 2. The van der Waals surface area contributed by atoms with Crippen molar-refractivity contribution < 1.29 is 0 Å². The highest BCUT2D eigenvalue weighted by molar-refractivity contribution is 5.83. The summed E-state index contributed by atoms with van der Waals surface area (Å²) in [6.45, 7) is 4.24. The van der Waals surface area contributed by atoms with Crippen LogP contribution in [0.4, 0.5) is 0 Å². The van der Waals surface area contributed by atoms with Gasteiger partial charge >= 0.3 is 0 Å². The first-order chi connectivity index (χ1) is 12.8. The van der Waals surface area contributed by atoms with Crippen molar-refractivity contribution in [3.8, 4) is 22.3 Å². The predicted molar refractivity (Wildman–Crippen MR) is 113 cm³/mol. The van der Waals surface area contributed by atoms with Crippen LogP contribution in [0.15, 0.2) is 109 Å². The molecule has 4 rings (SSSR count). The van der Waals surface area contributed by atoms with Crippen LogP contribution in [0, 0.1) is 13.8 Å². The molecule has 0 amide bonds. The summed E-state index contributed by atoms with van der Waals surface area (Å²) in [6.07, 6.45) is 0. The van der Waals surface area contributed by atoms with Gasteiger partial charge in [-0.1, -0.05) is 109 Å². The Balaban J connectivity index is 0.000000206. The van der Waals surface area contributed by atoms with Crippen LogP contribution in [0.1, 0.15) is 11.1 Å². The van der Waals surface area contributed by atoms with Crippen LogP contribution in [0.3, 0.4) is 0 Å². The molecule has 0 heteroatoms. The molecule has 26 heavy (non-hydrogen) atoms. The molecule has 4 aromatic rings. The van der Waals surface area contributed by atoms with Crippen LogP contribution in [-0.4, -0.2) is 0 Å². The number of rotatable bonds is 2. The second-order valence-corrected chi connectivity index (χ2v) is 6.36. The molecule has 128 valence electrons. The van der Waals surface area contributed by atoms with Gasteiger partial charge < -0.3 is 0 Å². The number of hydrogen-bond acceptors (Lipinski definition) is 0. The van der Waals surface area contributed by atoms with Crippen molar-refractivity contribution in [2.75, 3.05) is 0 Å². The minimum atomic E-state index is 1.26. The molecule has 0 saturated carbocycles. The summed E-state index contributed by atoms with van der Waals surface area (Å²) in [6, 6.07) is 37.9. The summed E-state index contributed by atoms with van der Waals surface area (Å²) in [4.78, 5) is 0. The Labute approximate surface area is 156 Å². The van der Waals surface area contributed by atoms with Crippen molar-refractivity contribution in [2.24, 2.45) is 0 Å². The molecule has 0 N–H and O–H groups in total. The van der Waals surface area contributed by atoms with Crippen LogP contribution in [0.25, 0.3) is 22.3 Å². The van der Waals surface area contributed by atoms with Gasteiger partial charge in [0.2, 0.25) is 0 Å². The average Bonchev–Trinajstić information content (AvgIpc) is 2.72. The minimum absolute atomic E-state index is 1.26. The van der Waals surface area contributed by atoms with Crippen molar-refractivity contribution in [3.05, 3.63) is 120 Å². The Morgan fingerprint density at radius 3 is 1.00 bits per heavy atom. The van der Waals surface area contributed by atoms with E-state index < -0.39 is 0 Å². The molecule has 0 fully saturated rings. The predicted octanol–water partition coefficient (Wildman–Crippen LogP) is 7.32. The van der Waals surface area contributed by atoms with Crippen LogP contribution in [0.2, 0.25) is 0 Å². The fourth-order valence-corrected chi connectivity index (χ4v) is 2.88. The summed E-state index contributed by atoms with van der Waals surface area (Å²) < 4.78 is 0. The van der Waals surface area contributed by atoms with Gasteiger partial charge in [0, 0.05) is 0 Å². The standard InChI is InChI=1S/C18H14.C8H10/c1-3-9-15(10-4-1)17-13-7-8-14-18(17)16-11-5-2-6-12-16;1-7-5-3-4-6-8(7)2/h1-14H;3-6H,1-2H3.